The van der Waals surface area contributed by atoms with Gasteiger partial charge in [0.15, 0.2) is 22.1 Å². The van der Waals surface area contributed by atoms with Crippen LogP contribution in [0.15, 0.2) is 6.07 Å². The lowest BCUT2D eigenvalue weighted by Crippen LogP contribution is -2.27. The number of carbonyl (C=O) groups is 2. The number of aromatic nitrogens is 3. The Labute approximate surface area is 168 Å². The summed E-state index contributed by atoms with van der Waals surface area (Å²) in [6, 6.07) is 1.43. The molecule has 10 heteroatoms. The third-order valence-corrected chi connectivity index (χ3v) is 7.20. The van der Waals surface area contributed by atoms with Crippen molar-refractivity contribution in [3.05, 3.63) is 23.0 Å². The smallest absolute Gasteiger partial charge is 0.339 e. The van der Waals surface area contributed by atoms with Crippen LogP contribution < -0.4 is 0 Å². The molecule has 4 rings (SSSR count). The lowest BCUT2D eigenvalue weighted by Gasteiger charge is -2.13. The number of esters is 1. The van der Waals surface area contributed by atoms with Gasteiger partial charge in [0.25, 0.3) is 5.91 Å². The summed E-state index contributed by atoms with van der Waals surface area (Å²) in [5.41, 5.74) is 2.21. The molecular formula is C19H24N4O5S. The molecule has 3 heterocycles. The molecule has 0 aromatic carbocycles. The molecular weight excluding hydrogens is 396 g/mol. The minimum Gasteiger partial charge on any atom is -0.452 e. The Morgan fingerprint density at radius 2 is 2.00 bits per heavy atom. The number of aryl methyl sites for hydroxylation is 1. The van der Waals surface area contributed by atoms with E-state index < -0.39 is 15.8 Å². The SMILES string of the molecule is Cc1nn(C2CCS(=O)(=O)C2)c2nc(C3CC3)cc(C(=O)OCC(=O)N(C)C)c12. The summed E-state index contributed by atoms with van der Waals surface area (Å²) in [6.07, 6.45) is 2.47. The Morgan fingerprint density at radius 1 is 1.28 bits per heavy atom. The molecule has 2 aromatic heterocycles. The molecule has 1 saturated carbocycles. The van der Waals surface area contributed by atoms with Gasteiger partial charge >= 0.3 is 5.97 Å². The van der Waals surface area contributed by atoms with E-state index in [1.165, 1.54) is 4.90 Å². The highest BCUT2D eigenvalue weighted by atomic mass is 32.2. The van der Waals surface area contributed by atoms with Crippen LogP contribution >= 0.6 is 0 Å². The van der Waals surface area contributed by atoms with Gasteiger partial charge in [-0.15, -0.1) is 0 Å². The minimum atomic E-state index is -3.09. The molecule has 1 saturated heterocycles. The minimum absolute atomic E-state index is 0.0235. The molecule has 0 N–H and O–H groups in total. The number of likely N-dealkylation sites (N-methyl/N-ethyl adjacent to an activating group) is 1. The zero-order chi connectivity index (χ0) is 20.9. The normalized spacial score (nSPS) is 20.7. The van der Waals surface area contributed by atoms with Crippen LogP contribution in [0.1, 0.15) is 53.0 Å². The van der Waals surface area contributed by atoms with Gasteiger partial charge in [0.2, 0.25) is 0 Å². The number of hydrogen-bond acceptors (Lipinski definition) is 7. The second kappa shape index (κ2) is 7.08. The summed E-state index contributed by atoms with van der Waals surface area (Å²) < 4.78 is 30.8. The molecule has 29 heavy (non-hydrogen) atoms. The fourth-order valence-electron chi connectivity index (χ4n) is 3.64. The largest absolute Gasteiger partial charge is 0.452 e. The monoisotopic (exact) mass is 420 g/mol. The van der Waals surface area contributed by atoms with E-state index in [1.807, 2.05) is 0 Å². The first-order valence-electron chi connectivity index (χ1n) is 9.63. The standard InChI is InChI=1S/C19H24N4O5S/c1-11-17-14(19(25)28-9-16(24)22(2)3)8-15(12-4-5-12)20-18(17)23(21-11)13-6-7-29(26,27)10-13/h8,12-13H,4-7,9-10H2,1-3H3. The van der Waals surface area contributed by atoms with Gasteiger partial charge in [-0.3, -0.25) is 4.79 Å². The zero-order valence-electron chi connectivity index (χ0n) is 16.7. The van der Waals surface area contributed by atoms with Crippen LogP contribution in [-0.4, -0.2) is 72.2 Å². The van der Waals surface area contributed by atoms with E-state index in [1.54, 1.807) is 31.8 Å². The van der Waals surface area contributed by atoms with Crippen LogP contribution in [0.2, 0.25) is 0 Å². The average Bonchev–Trinajstić information content (AvgIpc) is 3.38. The predicted molar refractivity (Wildman–Crippen MR) is 106 cm³/mol. The van der Waals surface area contributed by atoms with E-state index in [9.17, 15) is 18.0 Å². The van der Waals surface area contributed by atoms with Gasteiger partial charge in [0.1, 0.15) is 0 Å². The Morgan fingerprint density at radius 3 is 2.59 bits per heavy atom. The number of fused-ring (bicyclic) bond motifs is 1. The molecule has 1 aliphatic carbocycles. The van der Waals surface area contributed by atoms with Gasteiger partial charge < -0.3 is 9.64 Å². The molecule has 156 valence electrons. The van der Waals surface area contributed by atoms with Crippen molar-refractivity contribution < 1.29 is 22.7 Å². The molecule has 2 aromatic rings. The highest BCUT2D eigenvalue weighted by Gasteiger charge is 2.34. The summed E-state index contributed by atoms with van der Waals surface area (Å²) in [7, 11) is 0.0939. The number of pyridine rings is 1. The highest BCUT2D eigenvalue weighted by molar-refractivity contribution is 7.91. The fourth-order valence-corrected chi connectivity index (χ4v) is 5.33. The molecule has 9 nitrogen and oxygen atoms in total. The van der Waals surface area contributed by atoms with E-state index >= 15 is 0 Å². The first kappa shape index (κ1) is 19.8. The maximum Gasteiger partial charge on any atom is 0.339 e. The van der Waals surface area contributed by atoms with Gasteiger partial charge in [-0.25, -0.2) is 22.9 Å². The third kappa shape index (κ3) is 3.85. The summed E-state index contributed by atoms with van der Waals surface area (Å²) in [6.45, 7) is 1.42. The van der Waals surface area contributed by atoms with Gasteiger partial charge in [0, 0.05) is 25.7 Å². The summed E-state index contributed by atoms with van der Waals surface area (Å²) in [4.78, 5) is 30.7. The number of nitrogens with zero attached hydrogens (tertiary/aromatic N) is 4. The van der Waals surface area contributed by atoms with Gasteiger partial charge in [-0.1, -0.05) is 0 Å². The van der Waals surface area contributed by atoms with Crippen molar-refractivity contribution in [1.29, 1.82) is 0 Å². The van der Waals surface area contributed by atoms with Crippen LogP contribution in [0.3, 0.4) is 0 Å². The lowest BCUT2D eigenvalue weighted by atomic mass is 10.1. The van der Waals surface area contributed by atoms with Crippen molar-refractivity contribution in [3.8, 4) is 0 Å². The summed E-state index contributed by atoms with van der Waals surface area (Å²) in [5.74, 6) is -0.478. The maximum atomic E-state index is 12.8. The second-order valence-electron chi connectivity index (χ2n) is 8.02. The lowest BCUT2D eigenvalue weighted by molar-refractivity contribution is -0.131. The number of amides is 1. The van der Waals surface area contributed by atoms with Crippen LogP contribution in [0.25, 0.3) is 11.0 Å². The molecule has 0 bridgehead atoms. The molecule has 1 aliphatic heterocycles. The van der Waals surface area contributed by atoms with E-state index in [0.717, 1.165) is 18.5 Å². The van der Waals surface area contributed by atoms with Crippen molar-refractivity contribution in [2.75, 3.05) is 32.2 Å². The Bertz CT molecular complexity index is 1100. The van der Waals surface area contributed by atoms with E-state index in [-0.39, 0.29) is 36.0 Å². The number of carbonyl (C=O) groups excluding carboxylic acids is 2. The molecule has 1 atom stereocenters. The van der Waals surface area contributed by atoms with Gasteiger partial charge in [-0.2, -0.15) is 5.10 Å². The van der Waals surface area contributed by atoms with Crippen LogP contribution in [0.4, 0.5) is 0 Å². The molecule has 2 aliphatic rings. The average molecular weight is 420 g/mol. The number of hydrogen-bond donors (Lipinski definition) is 0. The van der Waals surface area contributed by atoms with Gasteiger partial charge in [-0.05, 0) is 32.3 Å². The van der Waals surface area contributed by atoms with E-state index in [0.29, 0.717) is 28.7 Å². The highest BCUT2D eigenvalue weighted by Crippen LogP contribution is 2.41. The Hall–Kier alpha value is -2.49. The van der Waals surface area contributed by atoms with Crippen molar-refractivity contribution in [2.24, 2.45) is 0 Å². The molecule has 0 radical (unpaired) electrons. The second-order valence-corrected chi connectivity index (χ2v) is 10.2. The van der Waals surface area contributed by atoms with Crippen LogP contribution in [0.5, 0.6) is 0 Å². The van der Waals surface area contributed by atoms with Crippen LogP contribution in [-0.2, 0) is 19.4 Å². The van der Waals surface area contributed by atoms with Crippen molar-refractivity contribution in [1.82, 2.24) is 19.7 Å². The van der Waals surface area contributed by atoms with Crippen molar-refractivity contribution >= 4 is 32.7 Å². The fraction of sp³-hybridized carbons (Fsp3) is 0.579. The Kier molecular flexibility index (Phi) is 4.84. The van der Waals surface area contributed by atoms with E-state index in [2.05, 4.69) is 5.10 Å². The van der Waals surface area contributed by atoms with Crippen molar-refractivity contribution in [2.45, 2.75) is 38.1 Å². The topological polar surface area (TPSA) is 111 Å². The molecule has 0 spiro atoms. The number of rotatable bonds is 5. The predicted octanol–water partition coefficient (Wildman–Crippen LogP) is 1.22. The first-order chi connectivity index (χ1) is 13.7. The van der Waals surface area contributed by atoms with E-state index in [4.69, 9.17) is 9.72 Å². The van der Waals surface area contributed by atoms with Crippen LogP contribution in [0, 0.1) is 6.92 Å². The number of ether oxygens (including phenoxy) is 1. The summed E-state index contributed by atoms with van der Waals surface area (Å²) in [5, 5.41) is 5.09. The third-order valence-electron chi connectivity index (χ3n) is 5.45. The maximum absolute atomic E-state index is 12.8. The molecule has 2 fully saturated rings. The summed E-state index contributed by atoms with van der Waals surface area (Å²) >= 11 is 0. The molecule has 1 amide bonds. The first-order valence-corrected chi connectivity index (χ1v) is 11.5. The Balaban J connectivity index is 1.76. The quantitative estimate of drug-likeness (QED) is 0.669. The zero-order valence-corrected chi connectivity index (χ0v) is 17.5. The van der Waals surface area contributed by atoms with Crippen molar-refractivity contribution in [3.63, 3.8) is 0 Å². The molecule has 1 unspecified atom stereocenters. The van der Waals surface area contributed by atoms with Gasteiger partial charge in [0.05, 0.1) is 34.2 Å². The number of sulfone groups is 1.